The Labute approximate surface area is 85.4 Å². The second kappa shape index (κ2) is 9.90. The Morgan fingerprint density at radius 2 is 2.08 bits per heavy atom. The van der Waals surface area contributed by atoms with Gasteiger partial charge < -0.3 is 4.74 Å². The molecule has 0 atom stereocenters. The Balaban J connectivity index is 3.11. The lowest BCUT2D eigenvalue weighted by Crippen LogP contribution is -2.05. The van der Waals surface area contributed by atoms with E-state index in [4.69, 9.17) is 4.74 Å². The highest BCUT2D eigenvalue weighted by atomic mass is 32.2. The molecule has 0 unspecified atom stereocenters. The molecular formula is C10H20O2S. The number of hydrogen-bond acceptors (Lipinski definition) is 3. The van der Waals surface area contributed by atoms with Crippen LogP contribution in [-0.2, 0) is 9.53 Å². The normalized spacial score (nSPS) is 10.0. The van der Waals surface area contributed by atoms with Crippen LogP contribution in [0.1, 0.15) is 39.5 Å². The molecule has 78 valence electrons. The van der Waals surface area contributed by atoms with Crippen LogP contribution in [0.15, 0.2) is 0 Å². The second-order valence-electron chi connectivity index (χ2n) is 2.87. The number of hydrogen-bond donors (Lipinski definition) is 0. The summed E-state index contributed by atoms with van der Waals surface area (Å²) in [6.45, 7) is 4.81. The molecule has 0 amide bonds. The minimum absolute atomic E-state index is 0.0369. The van der Waals surface area contributed by atoms with E-state index in [-0.39, 0.29) is 5.97 Å². The van der Waals surface area contributed by atoms with Crippen molar-refractivity contribution in [3.05, 3.63) is 0 Å². The van der Waals surface area contributed by atoms with Crippen LogP contribution in [0, 0.1) is 0 Å². The summed E-state index contributed by atoms with van der Waals surface area (Å²) in [4.78, 5) is 11.0. The quantitative estimate of drug-likeness (QED) is 0.449. The lowest BCUT2D eigenvalue weighted by Gasteiger charge is -2.02. The van der Waals surface area contributed by atoms with E-state index in [1.165, 1.54) is 0 Å². The number of carbonyl (C=O) groups excluding carboxylic acids is 1. The van der Waals surface area contributed by atoms with Crippen molar-refractivity contribution >= 4 is 17.7 Å². The van der Waals surface area contributed by atoms with Crippen LogP contribution in [0.4, 0.5) is 0 Å². The van der Waals surface area contributed by atoms with E-state index in [9.17, 15) is 4.79 Å². The van der Waals surface area contributed by atoms with E-state index in [2.05, 4.69) is 13.8 Å². The van der Waals surface area contributed by atoms with Gasteiger partial charge in [-0.25, -0.2) is 0 Å². The molecule has 0 N–H and O–H groups in total. The van der Waals surface area contributed by atoms with Crippen LogP contribution in [-0.4, -0.2) is 24.1 Å². The van der Waals surface area contributed by atoms with E-state index in [0.29, 0.717) is 13.0 Å². The molecule has 0 radical (unpaired) electrons. The molecule has 0 aromatic heterocycles. The monoisotopic (exact) mass is 204 g/mol. The first-order valence-electron chi connectivity index (χ1n) is 5.04. The highest BCUT2D eigenvalue weighted by Gasteiger charge is 2.00. The molecule has 0 bridgehead atoms. The van der Waals surface area contributed by atoms with Crippen molar-refractivity contribution in [2.45, 2.75) is 39.5 Å². The third-order valence-electron chi connectivity index (χ3n) is 1.63. The largest absolute Gasteiger partial charge is 0.466 e. The van der Waals surface area contributed by atoms with Crippen molar-refractivity contribution in [1.29, 1.82) is 0 Å². The topological polar surface area (TPSA) is 26.3 Å². The Bertz CT molecular complexity index is 126. The van der Waals surface area contributed by atoms with Gasteiger partial charge >= 0.3 is 5.97 Å². The molecule has 2 nitrogen and oxygen atoms in total. The number of unbranched alkanes of at least 4 members (excludes halogenated alkanes) is 1. The van der Waals surface area contributed by atoms with Gasteiger partial charge in [0.1, 0.15) is 0 Å². The summed E-state index contributed by atoms with van der Waals surface area (Å²) >= 11 is 1.87. The maximum atomic E-state index is 11.0. The van der Waals surface area contributed by atoms with E-state index in [1.54, 1.807) is 0 Å². The molecule has 0 heterocycles. The lowest BCUT2D eigenvalue weighted by molar-refractivity contribution is -0.143. The van der Waals surface area contributed by atoms with Crippen molar-refractivity contribution in [3.8, 4) is 0 Å². The average Bonchev–Trinajstić information content (AvgIpc) is 2.13. The first-order chi connectivity index (χ1) is 6.31. The van der Waals surface area contributed by atoms with Gasteiger partial charge in [-0.1, -0.05) is 20.3 Å². The summed E-state index contributed by atoms with van der Waals surface area (Å²) in [5, 5.41) is 0. The smallest absolute Gasteiger partial charge is 0.305 e. The highest BCUT2D eigenvalue weighted by molar-refractivity contribution is 7.99. The third-order valence-corrected chi connectivity index (χ3v) is 2.62. The summed E-state index contributed by atoms with van der Waals surface area (Å²) in [6.07, 6.45) is 3.59. The standard InChI is InChI=1S/C10H20O2S/c1-3-5-8-12-10(11)7-6-9-13-4-2/h3-9H2,1-2H3. The molecule has 0 rings (SSSR count). The van der Waals surface area contributed by atoms with E-state index < -0.39 is 0 Å². The fraction of sp³-hybridized carbons (Fsp3) is 0.900. The molecule has 0 aromatic rings. The van der Waals surface area contributed by atoms with Gasteiger partial charge in [0.2, 0.25) is 0 Å². The molecule has 0 aromatic carbocycles. The SMILES string of the molecule is CCCCOC(=O)CCCSCC. The van der Waals surface area contributed by atoms with E-state index in [1.807, 2.05) is 11.8 Å². The number of esters is 1. The molecule has 0 saturated heterocycles. The van der Waals surface area contributed by atoms with Crippen LogP contribution in [0.25, 0.3) is 0 Å². The summed E-state index contributed by atoms with van der Waals surface area (Å²) in [5.74, 6) is 2.16. The van der Waals surface area contributed by atoms with Crippen molar-refractivity contribution in [3.63, 3.8) is 0 Å². The molecule has 0 saturated carbocycles. The maximum absolute atomic E-state index is 11.0. The number of rotatable bonds is 8. The summed E-state index contributed by atoms with van der Waals surface area (Å²) < 4.78 is 5.01. The van der Waals surface area contributed by atoms with Gasteiger partial charge in [-0.3, -0.25) is 4.79 Å². The number of ether oxygens (including phenoxy) is 1. The highest BCUT2D eigenvalue weighted by Crippen LogP contribution is 2.04. The zero-order valence-electron chi connectivity index (χ0n) is 8.67. The Morgan fingerprint density at radius 3 is 2.69 bits per heavy atom. The Hall–Kier alpha value is -0.180. The predicted molar refractivity (Wildman–Crippen MR) is 58.1 cm³/mol. The zero-order valence-corrected chi connectivity index (χ0v) is 9.49. The van der Waals surface area contributed by atoms with Gasteiger partial charge in [0.15, 0.2) is 0 Å². The number of thioether (sulfide) groups is 1. The van der Waals surface area contributed by atoms with E-state index >= 15 is 0 Å². The third kappa shape index (κ3) is 9.74. The fourth-order valence-electron chi connectivity index (χ4n) is 0.865. The maximum Gasteiger partial charge on any atom is 0.305 e. The van der Waals surface area contributed by atoms with Gasteiger partial charge in [0, 0.05) is 6.42 Å². The van der Waals surface area contributed by atoms with Crippen molar-refractivity contribution in [1.82, 2.24) is 0 Å². The molecular weight excluding hydrogens is 184 g/mol. The van der Waals surface area contributed by atoms with Gasteiger partial charge in [-0.2, -0.15) is 11.8 Å². The van der Waals surface area contributed by atoms with Gasteiger partial charge in [-0.05, 0) is 24.3 Å². The average molecular weight is 204 g/mol. The zero-order chi connectivity index (χ0) is 9.94. The van der Waals surface area contributed by atoms with E-state index in [0.717, 1.165) is 30.8 Å². The van der Waals surface area contributed by atoms with Crippen LogP contribution in [0.5, 0.6) is 0 Å². The second-order valence-corrected chi connectivity index (χ2v) is 4.27. The molecule has 0 spiro atoms. The van der Waals surface area contributed by atoms with Crippen LogP contribution in [0.3, 0.4) is 0 Å². The van der Waals surface area contributed by atoms with Gasteiger partial charge in [-0.15, -0.1) is 0 Å². The van der Waals surface area contributed by atoms with Crippen molar-refractivity contribution in [2.75, 3.05) is 18.1 Å². The molecule has 13 heavy (non-hydrogen) atoms. The van der Waals surface area contributed by atoms with Crippen LogP contribution < -0.4 is 0 Å². The Kier molecular flexibility index (Phi) is 9.77. The molecule has 3 heteroatoms. The van der Waals surface area contributed by atoms with Crippen molar-refractivity contribution < 1.29 is 9.53 Å². The molecule has 0 aliphatic heterocycles. The predicted octanol–water partition coefficient (Wildman–Crippen LogP) is 2.86. The number of carbonyl (C=O) groups is 1. The summed E-state index contributed by atoms with van der Waals surface area (Å²) in [7, 11) is 0. The van der Waals surface area contributed by atoms with Gasteiger partial charge in [0.05, 0.1) is 6.61 Å². The molecule has 0 fully saturated rings. The van der Waals surface area contributed by atoms with Crippen LogP contribution >= 0.6 is 11.8 Å². The summed E-state index contributed by atoms with van der Waals surface area (Å²) in [5.41, 5.74) is 0. The molecule has 0 aliphatic carbocycles. The first-order valence-corrected chi connectivity index (χ1v) is 6.20. The lowest BCUT2D eigenvalue weighted by atomic mass is 10.3. The molecule has 0 aliphatic rings. The van der Waals surface area contributed by atoms with Gasteiger partial charge in [0.25, 0.3) is 0 Å². The van der Waals surface area contributed by atoms with Crippen molar-refractivity contribution in [2.24, 2.45) is 0 Å². The Morgan fingerprint density at radius 1 is 1.31 bits per heavy atom. The van der Waals surface area contributed by atoms with Crippen LogP contribution in [0.2, 0.25) is 0 Å². The minimum Gasteiger partial charge on any atom is -0.466 e. The first kappa shape index (κ1) is 12.8. The fourth-order valence-corrected chi connectivity index (χ4v) is 1.50. The summed E-state index contributed by atoms with van der Waals surface area (Å²) in [6, 6.07) is 0. The minimum atomic E-state index is -0.0369.